The molecule has 0 aliphatic carbocycles. The average molecular weight is 515 g/mol. The molecule has 2 unspecified atom stereocenters. The predicted molar refractivity (Wildman–Crippen MR) is 144 cm³/mol. The highest BCUT2D eigenvalue weighted by molar-refractivity contribution is 6.14. The number of rotatable bonds is 7. The van der Waals surface area contributed by atoms with Gasteiger partial charge in [-0.2, -0.15) is 10.2 Å². The Hall–Kier alpha value is -4.27. The molecule has 0 saturated carbocycles. The highest BCUT2D eigenvalue weighted by Gasteiger charge is 2.25. The smallest absolute Gasteiger partial charge is 0.317 e. The van der Waals surface area contributed by atoms with E-state index >= 15 is 0 Å². The molecule has 4 aromatic rings. The number of hydrogen-bond acceptors (Lipinski definition) is 9. The first-order valence-corrected chi connectivity index (χ1v) is 12.5. The molecule has 11 nitrogen and oxygen atoms in total. The summed E-state index contributed by atoms with van der Waals surface area (Å²) >= 11 is 0. The Morgan fingerprint density at radius 2 is 2.00 bits per heavy atom. The molecule has 4 heterocycles. The molecule has 1 amide bonds. The van der Waals surface area contributed by atoms with Crippen molar-refractivity contribution in [2.24, 2.45) is 0 Å². The fraction of sp³-hybridized carbons (Fsp3) is 0.370. The Balaban J connectivity index is 1.54. The van der Waals surface area contributed by atoms with Crippen LogP contribution in [-0.4, -0.2) is 70.8 Å². The number of benzene rings is 1. The number of aromatic nitrogens is 4. The van der Waals surface area contributed by atoms with Crippen molar-refractivity contribution >= 4 is 33.8 Å². The summed E-state index contributed by atoms with van der Waals surface area (Å²) in [5, 5.41) is 16.8. The molecule has 3 aromatic heterocycles. The molecule has 0 bridgehead atoms. The minimum Gasteiger partial charge on any atom is -0.461 e. The van der Waals surface area contributed by atoms with Crippen LogP contribution in [0.3, 0.4) is 0 Å². The van der Waals surface area contributed by atoms with Crippen LogP contribution in [0, 0.1) is 18.3 Å². The third-order valence-electron chi connectivity index (χ3n) is 6.42. The van der Waals surface area contributed by atoms with Gasteiger partial charge >= 0.3 is 6.01 Å². The van der Waals surface area contributed by atoms with Crippen LogP contribution >= 0.6 is 0 Å². The van der Waals surface area contributed by atoms with Crippen molar-refractivity contribution in [1.29, 1.82) is 5.26 Å². The van der Waals surface area contributed by atoms with Gasteiger partial charge in [0.15, 0.2) is 5.65 Å². The Morgan fingerprint density at radius 1 is 1.21 bits per heavy atom. The molecule has 5 rings (SSSR count). The number of aryl methyl sites for hydroxylation is 1. The van der Waals surface area contributed by atoms with Gasteiger partial charge in [-0.15, -0.1) is 0 Å². The number of pyridine rings is 1. The first kappa shape index (κ1) is 25.4. The average Bonchev–Trinajstić information content (AvgIpc) is 3.27. The second-order valence-electron chi connectivity index (χ2n) is 9.58. The lowest BCUT2D eigenvalue weighted by atomic mass is 10.0. The Bertz CT molecular complexity index is 1530. The fourth-order valence-corrected chi connectivity index (χ4v) is 4.93. The van der Waals surface area contributed by atoms with Gasteiger partial charge in [0.2, 0.25) is 0 Å². The van der Waals surface area contributed by atoms with Crippen LogP contribution in [0.15, 0.2) is 36.8 Å². The van der Waals surface area contributed by atoms with E-state index < -0.39 is 0 Å². The van der Waals surface area contributed by atoms with Gasteiger partial charge in [-0.05, 0) is 39.0 Å². The van der Waals surface area contributed by atoms with Gasteiger partial charge in [0.05, 0.1) is 34.6 Å². The van der Waals surface area contributed by atoms with Crippen molar-refractivity contribution in [3.8, 4) is 12.1 Å². The van der Waals surface area contributed by atoms with E-state index in [2.05, 4.69) is 50.4 Å². The molecule has 0 radical (unpaired) electrons. The lowest BCUT2D eigenvalue weighted by Gasteiger charge is -2.38. The lowest BCUT2D eigenvalue weighted by molar-refractivity contribution is 0.102. The first-order valence-electron chi connectivity index (χ1n) is 12.5. The van der Waals surface area contributed by atoms with Gasteiger partial charge in [0.1, 0.15) is 12.7 Å². The van der Waals surface area contributed by atoms with Crippen molar-refractivity contribution in [2.75, 3.05) is 43.6 Å². The molecule has 0 spiro atoms. The van der Waals surface area contributed by atoms with Gasteiger partial charge < -0.3 is 29.4 Å². The van der Waals surface area contributed by atoms with E-state index in [9.17, 15) is 10.1 Å². The number of nitrogens with one attached hydrogen (secondary N) is 2. The topological polar surface area (TPSA) is 130 Å². The summed E-state index contributed by atoms with van der Waals surface area (Å²) in [6, 6.07) is 8.29. The largest absolute Gasteiger partial charge is 0.461 e. The van der Waals surface area contributed by atoms with Gasteiger partial charge in [0.25, 0.3) is 5.91 Å². The number of imidazole rings is 1. The quantitative estimate of drug-likeness (QED) is 0.358. The number of amides is 1. The van der Waals surface area contributed by atoms with E-state index in [4.69, 9.17) is 9.47 Å². The minimum absolute atomic E-state index is 0.171. The summed E-state index contributed by atoms with van der Waals surface area (Å²) in [5.74, 6) is -0.356. The van der Waals surface area contributed by atoms with Crippen LogP contribution in [0.2, 0.25) is 0 Å². The second-order valence-corrected chi connectivity index (χ2v) is 9.58. The van der Waals surface area contributed by atoms with E-state index in [1.807, 2.05) is 19.2 Å². The number of piperazine rings is 1. The molecular weight excluding hydrogens is 484 g/mol. The van der Waals surface area contributed by atoms with Crippen molar-refractivity contribution in [2.45, 2.75) is 32.9 Å². The highest BCUT2D eigenvalue weighted by Crippen LogP contribution is 2.31. The lowest BCUT2D eigenvalue weighted by Crippen LogP contribution is -2.54. The molecule has 38 heavy (non-hydrogen) atoms. The maximum Gasteiger partial charge on any atom is 0.317 e. The number of carbonyl (C=O) groups excluding carboxylic acids is 1. The maximum atomic E-state index is 13.6. The number of nitrogens with zero attached hydrogens (tertiary/aromatic N) is 6. The van der Waals surface area contributed by atoms with E-state index in [-0.39, 0.29) is 18.5 Å². The Kier molecular flexibility index (Phi) is 7.09. The van der Waals surface area contributed by atoms with Gasteiger partial charge in [-0.25, -0.2) is 9.97 Å². The molecule has 2 atom stereocenters. The number of carbonyl (C=O) groups is 1. The summed E-state index contributed by atoms with van der Waals surface area (Å²) in [4.78, 5) is 29.3. The molecule has 196 valence electrons. The van der Waals surface area contributed by atoms with Crippen molar-refractivity contribution in [3.63, 3.8) is 0 Å². The normalized spacial score (nSPS) is 17.5. The van der Waals surface area contributed by atoms with E-state index in [1.54, 1.807) is 36.0 Å². The van der Waals surface area contributed by atoms with Gasteiger partial charge in [0, 0.05) is 61.9 Å². The zero-order valence-corrected chi connectivity index (χ0v) is 21.9. The summed E-state index contributed by atoms with van der Waals surface area (Å²) < 4.78 is 12.5. The fourth-order valence-electron chi connectivity index (χ4n) is 4.93. The molecule has 1 aromatic carbocycles. The van der Waals surface area contributed by atoms with E-state index in [0.29, 0.717) is 46.7 Å². The van der Waals surface area contributed by atoms with Crippen LogP contribution in [0.4, 0.5) is 11.4 Å². The SMILES string of the molecule is COCCOc1ncc2c(N3CC(C)NC(C)C3)ccc(C(=O)Nc3cc(C#N)c4nc(C)cn4c3)c2n1. The first-order chi connectivity index (χ1) is 18.4. The van der Waals surface area contributed by atoms with Crippen molar-refractivity contribution in [3.05, 3.63) is 53.6 Å². The van der Waals surface area contributed by atoms with Crippen LogP contribution in [-0.2, 0) is 4.74 Å². The third-order valence-corrected chi connectivity index (χ3v) is 6.42. The standard InChI is InChI=1S/C27H30N8O3/c1-16-12-34(13-17(2)30-16)23-6-5-21(24-22(23)11-29-27(33-24)38-8-7-37-4)26(36)32-20-9-19(10-28)25-31-18(3)14-35(25)15-20/h5-6,9,11,14-17,30H,7-8,12-13H2,1-4H3,(H,32,36). The molecular formula is C27H30N8O3. The Morgan fingerprint density at radius 3 is 2.74 bits per heavy atom. The number of methoxy groups -OCH3 is 1. The number of anilines is 2. The maximum absolute atomic E-state index is 13.6. The molecule has 11 heteroatoms. The van der Waals surface area contributed by atoms with Crippen LogP contribution in [0.5, 0.6) is 6.01 Å². The van der Waals surface area contributed by atoms with E-state index in [0.717, 1.165) is 29.9 Å². The highest BCUT2D eigenvalue weighted by atomic mass is 16.5. The molecule has 1 aliphatic rings. The molecule has 1 fully saturated rings. The Labute approximate surface area is 220 Å². The minimum atomic E-state index is -0.356. The van der Waals surface area contributed by atoms with Crippen LogP contribution < -0.4 is 20.3 Å². The van der Waals surface area contributed by atoms with Gasteiger partial charge in [-0.1, -0.05) is 0 Å². The monoisotopic (exact) mass is 514 g/mol. The summed E-state index contributed by atoms with van der Waals surface area (Å²) in [5.41, 5.74) is 3.99. The summed E-state index contributed by atoms with van der Waals surface area (Å²) in [6.07, 6.45) is 5.26. The van der Waals surface area contributed by atoms with Crippen LogP contribution in [0.25, 0.3) is 16.6 Å². The number of hydrogen-bond donors (Lipinski definition) is 2. The predicted octanol–water partition coefficient (Wildman–Crippen LogP) is 2.92. The number of nitriles is 1. The van der Waals surface area contributed by atoms with Gasteiger partial charge in [-0.3, -0.25) is 4.79 Å². The molecule has 2 N–H and O–H groups in total. The zero-order chi connectivity index (χ0) is 26.8. The second kappa shape index (κ2) is 10.6. The number of ether oxygens (including phenoxy) is 2. The van der Waals surface area contributed by atoms with Crippen LogP contribution in [0.1, 0.15) is 35.5 Å². The summed E-state index contributed by atoms with van der Waals surface area (Å²) in [6.45, 7) is 8.47. The van der Waals surface area contributed by atoms with Crippen molar-refractivity contribution < 1.29 is 14.3 Å². The van der Waals surface area contributed by atoms with Crippen molar-refractivity contribution in [1.82, 2.24) is 24.7 Å². The zero-order valence-electron chi connectivity index (χ0n) is 21.9. The molecule has 1 saturated heterocycles. The third kappa shape index (κ3) is 5.09. The van der Waals surface area contributed by atoms with E-state index in [1.165, 1.54) is 0 Å². The molecule has 1 aliphatic heterocycles. The number of fused-ring (bicyclic) bond motifs is 2. The summed E-state index contributed by atoms with van der Waals surface area (Å²) in [7, 11) is 1.59.